The van der Waals surface area contributed by atoms with Crippen LogP contribution in [0.4, 0.5) is 5.69 Å². The van der Waals surface area contributed by atoms with Crippen molar-refractivity contribution in [2.24, 2.45) is 0 Å². The molecule has 3 nitrogen and oxygen atoms in total. The highest BCUT2D eigenvalue weighted by Crippen LogP contribution is 2.24. The van der Waals surface area contributed by atoms with Crippen LogP contribution in [0.2, 0.25) is 0 Å². The third kappa shape index (κ3) is 3.48. The van der Waals surface area contributed by atoms with Gasteiger partial charge in [0.2, 0.25) is 0 Å². The Labute approximate surface area is 118 Å². The van der Waals surface area contributed by atoms with Crippen molar-refractivity contribution in [3.05, 3.63) is 71.8 Å². The molecule has 2 rings (SSSR count). The van der Waals surface area contributed by atoms with Gasteiger partial charge in [0.1, 0.15) is 0 Å². The standard InChI is InChI=1S/C17H17NO2/c1-2-20-17(19)12-16(13-7-4-3-5-8-13)14-9-6-10-15(18)11-14/h3-12H,2,18H2,1H3. The summed E-state index contributed by atoms with van der Waals surface area (Å²) < 4.78 is 5.00. The molecule has 102 valence electrons. The fourth-order valence-corrected chi connectivity index (χ4v) is 1.96. The number of hydrogen-bond donors (Lipinski definition) is 1. The van der Waals surface area contributed by atoms with E-state index in [-0.39, 0.29) is 5.97 Å². The smallest absolute Gasteiger partial charge is 0.331 e. The van der Waals surface area contributed by atoms with Crippen LogP contribution in [0, 0.1) is 0 Å². The number of hydrogen-bond acceptors (Lipinski definition) is 3. The van der Waals surface area contributed by atoms with Gasteiger partial charge in [-0.2, -0.15) is 0 Å². The van der Waals surface area contributed by atoms with Crippen molar-refractivity contribution in [3.8, 4) is 0 Å². The number of carbonyl (C=O) groups is 1. The second-order valence-corrected chi connectivity index (χ2v) is 4.30. The summed E-state index contributed by atoms with van der Waals surface area (Å²) in [6.45, 7) is 2.14. The molecule has 2 N–H and O–H groups in total. The highest BCUT2D eigenvalue weighted by Gasteiger charge is 2.08. The van der Waals surface area contributed by atoms with Gasteiger partial charge in [0.05, 0.1) is 6.61 Å². The Balaban J connectivity index is 2.47. The van der Waals surface area contributed by atoms with Crippen molar-refractivity contribution in [3.63, 3.8) is 0 Å². The molecular weight excluding hydrogens is 250 g/mol. The van der Waals surface area contributed by atoms with Crippen molar-refractivity contribution in [2.75, 3.05) is 12.3 Å². The molecule has 3 heteroatoms. The first kappa shape index (κ1) is 13.9. The Morgan fingerprint density at radius 2 is 1.80 bits per heavy atom. The van der Waals surface area contributed by atoms with Gasteiger partial charge in [-0.25, -0.2) is 4.79 Å². The van der Waals surface area contributed by atoms with Crippen LogP contribution in [0.25, 0.3) is 5.57 Å². The van der Waals surface area contributed by atoms with E-state index in [1.165, 1.54) is 6.08 Å². The predicted molar refractivity (Wildman–Crippen MR) is 81.0 cm³/mol. The number of nitrogen functional groups attached to an aromatic ring is 1. The molecule has 0 aliphatic rings. The second kappa shape index (κ2) is 6.57. The summed E-state index contributed by atoms with van der Waals surface area (Å²) in [4.78, 5) is 11.8. The largest absolute Gasteiger partial charge is 0.463 e. The maximum absolute atomic E-state index is 11.8. The monoisotopic (exact) mass is 267 g/mol. The average Bonchev–Trinajstić information content (AvgIpc) is 2.46. The van der Waals surface area contributed by atoms with Crippen LogP contribution >= 0.6 is 0 Å². The van der Waals surface area contributed by atoms with Gasteiger partial charge in [-0.05, 0) is 35.8 Å². The van der Waals surface area contributed by atoms with Gasteiger partial charge < -0.3 is 10.5 Å². The maximum atomic E-state index is 11.8. The summed E-state index contributed by atoms with van der Waals surface area (Å²) in [6, 6.07) is 17.2. The summed E-state index contributed by atoms with van der Waals surface area (Å²) in [7, 11) is 0. The summed E-state index contributed by atoms with van der Waals surface area (Å²) in [5.41, 5.74) is 9.13. The fourth-order valence-electron chi connectivity index (χ4n) is 1.96. The maximum Gasteiger partial charge on any atom is 0.331 e. The summed E-state index contributed by atoms with van der Waals surface area (Å²) >= 11 is 0. The van der Waals surface area contributed by atoms with E-state index in [9.17, 15) is 4.79 Å². The molecule has 0 saturated heterocycles. The first-order chi connectivity index (χ1) is 9.70. The zero-order valence-electron chi connectivity index (χ0n) is 11.4. The molecule has 0 spiro atoms. The number of nitrogens with two attached hydrogens (primary N) is 1. The van der Waals surface area contributed by atoms with E-state index in [1.807, 2.05) is 54.6 Å². The van der Waals surface area contributed by atoms with Crippen molar-refractivity contribution in [1.82, 2.24) is 0 Å². The lowest BCUT2D eigenvalue weighted by atomic mass is 9.97. The van der Waals surface area contributed by atoms with Gasteiger partial charge >= 0.3 is 5.97 Å². The van der Waals surface area contributed by atoms with E-state index in [0.29, 0.717) is 12.3 Å². The highest BCUT2D eigenvalue weighted by atomic mass is 16.5. The van der Waals surface area contributed by atoms with Gasteiger partial charge in [0.15, 0.2) is 0 Å². The normalized spacial score (nSPS) is 11.2. The number of rotatable bonds is 4. The highest BCUT2D eigenvalue weighted by molar-refractivity contribution is 5.96. The van der Waals surface area contributed by atoms with Crippen LogP contribution in [-0.4, -0.2) is 12.6 Å². The van der Waals surface area contributed by atoms with Crippen LogP contribution < -0.4 is 5.73 Å². The Bertz CT molecular complexity index is 618. The van der Waals surface area contributed by atoms with E-state index in [1.54, 1.807) is 6.92 Å². The summed E-state index contributed by atoms with van der Waals surface area (Å²) in [5, 5.41) is 0. The Kier molecular flexibility index (Phi) is 4.56. The van der Waals surface area contributed by atoms with Gasteiger partial charge in [-0.3, -0.25) is 0 Å². The third-order valence-corrected chi connectivity index (χ3v) is 2.83. The van der Waals surface area contributed by atoms with Crippen molar-refractivity contribution in [2.45, 2.75) is 6.92 Å². The Morgan fingerprint density at radius 1 is 1.10 bits per heavy atom. The number of esters is 1. The van der Waals surface area contributed by atoms with E-state index >= 15 is 0 Å². The molecule has 0 atom stereocenters. The van der Waals surface area contributed by atoms with Crippen molar-refractivity contribution < 1.29 is 9.53 Å². The van der Waals surface area contributed by atoms with Crippen LogP contribution in [-0.2, 0) is 9.53 Å². The molecule has 0 radical (unpaired) electrons. The number of benzene rings is 2. The first-order valence-electron chi connectivity index (χ1n) is 6.50. The molecule has 20 heavy (non-hydrogen) atoms. The minimum Gasteiger partial charge on any atom is -0.463 e. The van der Waals surface area contributed by atoms with Crippen molar-refractivity contribution in [1.29, 1.82) is 0 Å². The number of anilines is 1. The predicted octanol–water partition coefficient (Wildman–Crippen LogP) is 3.26. The molecule has 0 saturated carbocycles. The molecule has 2 aromatic rings. The van der Waals surface area contributed by atoms with E-state index in [4.69, 9.17) is 10.5 Å². The van der Waals surface area contributed by atoms with Crippen LogP contribution in [0.1, 0.15) is 18.1 Å². The van der Waals surface area contributed by atoms with Crippen LogP contribution in [0.3, 0.4) is 0 Å². The van der Waals surface area contributed by atoms with Crippen molar-refractivity contribution >= 4 is 17.2 Å². The second-order valence-electron chi connectivity index (χ2n) is 4.30. The minimum absolute atomic E-state index is 0.353. The Morgan fingerprint density at radius 3 is 2.45 bits per heavy atom. The molecular formula is C17H17NO2. The van der Waals surface area contributed by atoms with Gasteiger partial charge in [-0.1, -0.05) is 42.5 Å². The molecule has 0 bridgehead atoms. The van der Waals surface area contributed by atoms with E-state index < -0.39 is 0 Å². The topological polar surface area (TPSA) is 52.3 Å². The average molecular weight is 267 g/mol. The molecule has 0 unspecified atom stereocenters. The van der Waals surface area contributed by atoms with Gasteiger partial charge in [0, 0.05) is 11.8 Å². The summed E-state index contributed by atoms with van der Waals surface area (Å²) in [6.07, 6.45) is 1.51. The first-order valence-corrected chi connectivity index (χ1v) is 6.50. The number of carbonyl (C=O) groups excluding carboxylic acids is 1. The minimum atomic E-state index is -0.353. The number of ether oxygens (including phenoxy) is 1. The molecule has 0 aliphatic carbocycles. The van der Waals surface area contributed by atoms with Crippen LogP contribution in [0.5, 0.6) is 0 Å². The third-order valence-electron chi connectivity index (χ3n) is 2.83. The van der Waals surface area contributed by atoms with E-state index in [2.05, 4.69) is 0 Å². The summed E-state index contributed by atoms with van der Waals surface area (Å²) in [5.74, 6) is -0.353. The molecule has 0 heterocycles. The molecule has 2 aromatic carbocycles. The van der Waals surface area contributed by atoms with Gasteiger partial charge in [0.25, 0.3) is 0 Å². The SMILES string of the molecule is CCOC(=O)C=C(c1ccccc1)c1cccc(N)c1. The molecule has 0 fully saturated rings. The van der Waals surface area contributed by atoms with Gasteiger partial charge in [-0.15, -0.1) is 0 Å². The zero-order chi connectivity index (χ0) is 14.4. The Hall–Kier alpha value is -2.55. The quantitative estimate of drug-likeness (QED) is 0.525. The lowest BCUT2D eigenvalue weighted by Crippen LogP contribution is -2.02. The van der Waals surface area contributed by atoms with E-state index in [0.717, 1.165) is 16.7 Å². The fraction of sp³-hybridized carbons (Fsp3) is 0.118. The lowest BCUT2D eigenvalue weighted by molar-refractivity contribution is -0.137. The lowest BCUT2D eigenvalue weighted by Gasteiger charge is -2.09. The zero-order valence-corrected chi connectivity index (χ0v) is 11.4. The molecule has 0 aliphatic heterocycles. The van der Waals surface area contributed by atoms with Crippen LogP contribution in [0.15, 0.2) is 60.7 Å². The molecule has 0 amide bonds. The molecule has 0 aromatic heterocycles.